The Kier molecular flexibility index (Phi) is 5.24. The number of carbonyl (C=O) groups excluding carboxylic acids is 2. The van der Waals surface area contributed by atoms with Crippen LogP contribution in [0.2, 0.25) is 0 Å². The largest absolute Gasteiger partial charge is 0.325 e. The molecule has 0 unspecified atom stereocenters. The summed E-state index contributed by atoms with van der Waals surface area (Å²) < 4.78 is 0.713. The van der Waals surface area contributed by atoms with Gasteiger partial charge < -0.3 is 15.6 Å². The van der Waals surface area contributed by atoms with Crippen molar-refractivity contribution in [1.82, 2.24) is 9.97 Å². The number of anilines is 2. The van der Waals surface area contributed by atoms with Crippen LogP contribution in [0.3, 0.4) is 0 Å². The van der Waals surface area contributed by atoms with Gasteiger partial charge in [-0.3, -0.25) is 14.4 Å². The van der Waals surface area contributed by atoms with Crippen LogP contribution in [0.1, 0.15) is 24.8 Å². The van der Waals surface area contributed by atoms with Crippen LogP contribution in [0.4, 0.5) is 11.5 Å². The number of hydrogen-bond acceptors (Lipinski definition) is 5. The number of amides is 2. The first-order valence-corrected chi connectivity index (χ1v) is 9.39. The van der Waals surface area contributed by atoms with Gasteiger partial charge in [0.2, 0.25) is 11.8 Å². The van der Waals surface area contributed by atoms with Gasteiger partial charge >= 0.3 is 0 Å². The summed E-state index contributed by atoms with van der Waals surface area (Å²) in [7, 11) is 0. The number of aromatic amines is 1. The Labute approximate surface area is 156 Å². The van der Waals surface area contributed by atoms with Crippen molar-refractivity contribution in [2.75, 3.05) is 16.4 Å². The average molecular weight is 423 g/mol. The van der Waals surface area contributed by atoms with Crippen molar-refractivity contribution in [3.63, 3.8) is 0 Å². The first kappa shape index (κ1) is 17.7. The van der Waals surface area contributed by atoms with Crippen LogP contribution in [0.25, 0.3) is 0 Å². The number of halogens is 1. The van der Waals surface area contributed by atoms with E-state index in [1.807, 2.05) is 13.0 Å². The maximum Gasteiger partial charge on any atom is 0.257 e. The zero-order valence-corrected chi connectivity index (χ0v) is 15.7. The van der Waals surface area contributed by atoms with Crippen molar-refractivity contribution in [2.45, 2.75) is 24.4 Å². The molecule has 0 spiro atoms. The molecule has 1 aromatic heterocycles. The number of hydrogen-bond donors (Lipinski definition) is 3. The molecule has 1 aliphatic rings. The Balaban J connectivity index is 1.96. The maximum atomic E-state index is 12.7. The Morgan fingerprint density at radius 1 is 1.40 bits per heavy atom. The predicted molar refractivity (Wildman–Crippen MR) is 100 cm³/mol. The topological polar surface area (TPSA) is 104 Å². The molecule has 0 fully saturated rings. The van der Waals surface area contributed by atoms with Crippen LogP contribution in [0, 0.1) is 0 Å². The van der Waals surface area contributed by atoms with Crippen LogP contribution in [-0.4, -0.2) is 27.5 Å². The van der Waals surface area contributed by atoms with Crippen molar-refractivity contribution >= 4 is 51.0 Å². The minimum atomic E-state index is -0.896. The van der Waals surface area contributed by atoms with Gasteiger partial charge in [-0.25, -0.2) is 4.98 Å². The molecule has 25 heavy (non-hydrogen) atoms. The fourth-order valence-corrected chi connectivity index (χ4v) is 3.54. The molecular formula is C16H15BrN4O3S. The summed E-state index contributed by atoms with van der Waals surface area (Å²) >= 11 is 4.71. The molecule has 2 heterocycles. The van der Waals surface area contributed by atoms with Gasteiger partial charge in [0.15, 0.2) is 5.16 Å². The minimum Gasteiger partial charge on any atom is -0.325 e. The van der Waals surface area contributed by atoms with Crippen LogP contribution in [0.15, 0.2) is 38.7 Å². The summed E-state index contributed by atoms with van der Waals surface area (Å²) in [6, 6.07) is 7.13. The summed E-state index contributed by atoms with van der Waals surface area (Å²) in [5, 5.41) is 5.76. The zero-order chi connectivity index (χ0) is 18.0. The number of nitrogens with one attached hydrogen (secondary N) is 3. The second-order valence-electron chi connectivity index (χ2n) is 5.34. The van der Waals surface area contributed by atoms with E-state index in [0.29, 0.717) is 15.3 Å². The molecule has 0 radical (unpaired) electrons. The van der Waals surface area contributed by atoms with E-state index in [4.69, 9.17) is 0 Å². The molecule has 9 heteroatoms. The Bertz CT molecular complexity index is 899. The first-order chi connectivity index (χ1) is 12.0. The second kappa shape index (κ2) is 7.40. The fraction of sp³-hybridized carbons (Fsp3) is 0.250. The molecule has 3 N–H and O–H groups in total. The van der Waals surface area contributed by atoms with E-state index >= 15 is 0 Å². The van der Waals surface area contributed by atoms with Gasteiger partial charge in [0.05, 0.1) is 17.2 Å². The number of thioether (sulfide) groups is 1. The fourth-order valence-electron chi connectivity index (χ4n) is 2.56. The van der Waals surface area contributed by atoms with Crippen molar-refractivity contribution in [3.8, 4) is 0 Å². The molecule has 0 saturated carbocycles. The van der Waals surface area contributed by atoms with Gasteiger partial charge in [0.25, 0.3) is 5.56 Å². The number of para-hydroxylation sites is 1. The van der Waals surface area contributed by atoms with E-state index in [2.05, 4.69) is 36.5 Å². The lowest BCUT2D eigenvalue weighted by atomic mass is 9.92. The van der Waals surface area contributed by atoms with Gasteiger partial charge in [-0.15, -0.1) is 0 Å². The van der Waals surface area contributed by atoms with E-state index in [1.165, 1.54) is 11.8 Å². The molecule has 0 saturated heterocycles. The number of H-pyrrole nitrogens is 1. The maximum absolute atomic E-state index is 12.7. The molecule has 1 aliphatic heterocycles. The lowest BCUT2D eigenvalue weighted by Gasteiger charge is -2.23. The number of rotatable bonds is 4. The number of fused-ring (bicyclic) bond motifs is 1. The van der Waals surface area contributed by atoms with Crippen molar-refractivity contribution < 1.29 is 9.59 Å². The molecule has 0 aliphatic carbocycles. The second-order valence-corrected chi connectivity index (χ2v) is 7.45. The summed E-state index contributed by atoms with van der Waals surface area (Å²) in [6.45, 7) is 1.93. The monoisotopic (exact) mass is 422 g/mol. The van der Waals surface area contributed by atoms with E-state index in [9.17, 15) is 14.4 Å². The molecule has 1 aromatic carbocycles. The van der Waals surface area contributed by atoms with Crippen LogP contribution >= 0.6 is 27.7 Å². The van der Waals surface area contributed by atoms with Gasteiger partial charge in [-0.05, 0) is 33.8 Å². The van der Waals surface area contributed by atoms with E-state index < -0.39 is 17.4 Å². The first-order valence-electron chi connectivity index (χ1n) is 7.61. The number of aromatic nitrogens is 2. The van der Waals surface area contributed by atoms with Gasteiger partial charge in [0.1, 0.15) is 5.82 Å². The Hall–Kier alpha value is -2.13. The van der Waals surface area contributed by atoms with Crippen molar-refractivity contribution in [3.05, 3.63) is 44.7 Å². The molecule has 130 valence electrons. The third-order valence-corrected chi connectivity index (χ3v) is 5.11. The van der Waals surface area contributed by atoms with E-state index in [1.54, 1.807) is 18.2 Å². The molecular weight excluding hydrogens is 408 g/mol. The summed E-state index contributed by atoms with van der Waals surface area (Å²) in [4.78, 5) is 44.0. The van der Waals surface area contributed by atoms with Gasteiger partial charge in [-0.2, -0.15) is 0 Å². The lowest BCUT2D eigenvalue weighted by molar-refractivity contribution is -0.123. The summed E-state index contributed by atoms with van der Waals surface area (Å²) in [5.74, 6) is -0.783. The lowest BCUT2D eigenvalue weighted by Crippen LogP contribution is -2.36. The standard InChI is InChI=1S/C16H15BrN4O3S/c1-2-25-16-20-13-12(15(24)21-16)8(7-11(22)19-13)14(23)18-10-6-4-3-5-9(10)17/h3-6,8H,2,7H2,1H3,(H,18,23)(H2,19,20,21,22,24)/t8-/m0/s1. The van der Waals surface area contributed by atoms with E-state index in [0.717, 1.165) is 5.75 Å². The highest BCUT2D eigenvalue weighted by atomic mass is 79.9. The third-order valence-electron chi connectivity index (χ3n) is 3.66. The van der Waals surface area contributed by atoms with Crippen LogP contribution in [-0.2, 0) is 9.59 Å². The summed E-state index contributed by atoms with van der Waals surface area (Å²) in [6.07, 6.45) is -0.103. The molecule has 3 rings (SSSR count). The Morgan fingerprint density at radius 2 is 2.16 bits per heavy atom. The van der Waals surface area contributed by atoms with Gasteiger partial charge in [0, 0.05) is 10.9 Å². The zero-order valence-electron chi connectivity index (χ0n) is 13.3. The molecule has 2 aromatic rings. The van der Waals surface area contributed by atoms with Gasteiger partial charge in [-0.1, -0.05) is 30.8 Å². The molecule has 1 atom stereocenters. The highest BCUT2D eigenvalue weighted by Crippen LogP contribution is 2.31. The highest BCUT2D eigenvalue weighted by molar-refractivity contribution is 9.10. The predicted octanol–water partition coefficient (Wildman–Crippen LogP) is 2.71. The minimum absolute atomic E-state index is 0.103. The molecule has 0 bridgehead atoms. The van der Waals surface area contributed by atoms with Crippen LogP contribution < -0.4 is 16.2 Å². The van der Waals surface area contributed by atoms with Crippen molar-refractivity contribution in [1.29, 1.82) is 0 Å². The smallest absolute Gasteiger partial charge is 0.257 e. The Morgan fingerprint density at radius 3 is 2.88 bits per heavy atom. The number of carbonyl (C=O) groups is 2. The van der Waals surface area contributed by atoms with E-state index in [-0.39, 0.29) is 23.7 Å². The SMILES string of the molecule is CCSc1nc2c(c(=O)[nH]1)[C@@H](C(=O)Nc1ccccc1Br)CC(=O)N2. The summed E-state index contributed by atoms with van der Waals surface area (Å²) in [5.41, 5.74) is 0.348. The van der Waals surface area contributed by atoms with Crippen LogP contribution in [0.5, 0.6) is 0 Å². The highest BCUT2D eigenvalue weighted by Gasteiger charge is 2.34. The van der Waals surface area contributed by atoms with Crippen molar-refractivity contribution in [2.24, 2.45) is 0 Å². The quantitative estimate of drug-likeness (QED) is 0.518. The average Bonchev–Trinajstić information content (AvgIpc) is 2.56. The number of benzene rings is 1. The third kappa shape index (κ3) is 3.77. The molecule has 2 amide bonds. The molecule has 7 nitrogen and oxygen atoms in total. The normalized spacial score (nSPS) is 16.1. The number of nitrogens with zero attached hydrogens (tertiary/aromatic N) is 1.